The summed E-state index contributed by atoms with van der Waals surface area (Å²) in [6.45, 7) is 6.67. The van der Waals surface area contributed by atoms with Gasteiger partial charge in [0, 0.05) is 10.9 Å². The summed E-state index contributed by atoms with van der Waals surface area (Å²) < 4.78 is 0. The van der Waals surface area contributed by atoms with Crippen LogP contribution in [0, 0.1) is 0 Å². The Kier molecular flexibility index (Phi) is 4.00. The number of halogens is 1. The number of aromatic nitrogens is 2. The molecule has 3 rings (SSSR count). The molecule has 0 saturated carbocycles. The number of fused-ring (bicyclic) bond motifs is 1. The molecule has 0 unspecified atom stereocenters. The van der Waals surface area contributed by atoms with Crippen LogP contribution in [0.4, 0.5) is 0 Å². The topological polar surface area (TPSA) is 25.8 Å². The molecule has 0 aliphatic carbocycles. The number of hydrogen-bond donors (Lipinski definition) is 0. The molecule has 3 heteroatoms. The van der Waals surface area contributed by atoms with Crippen LogP contribution in [0.25, 0.3) is 22.3 Å². The van der Waals surface area contributed by atoms with E-state index in [1.807, 2.05) is 18.3 Å². The first-order valence-corrected chi connectivity index (χ1v) is 8.53. The van der Waals surface area contributed by atoms with Crippen molar-refractivity contribution < 1.29 is 0 Å². The highest BCUT2D eigenvalue weighted by Gasteiger charge is 2.14. The molecule has 0 amide bonds. The van der Waals surface area contributed by atoms with E-state index in [0.717, 1.165) is 27.6 Å². The van der Waals surface area contributed by atoms with Crippen molar-refractivity contribution in [3.8, 4) is 11.3 Å². The predicted octanol–water partition coefficient (Wildman–Crippen LogP) is 5.49. The number of benzene rings is 2. The lowest BCUT2D eigenvalue weighted by Crippen LogP contribution is -2.10. The smallest absolute Gasteiger partial charge is 0.0934 e. The van der Waals surface area contributed by atoms with Gasteiger partial charge in [-0.1, -0.05) is 67.0 Å². The number of nitrogens with zero attached hydrogens (tertiary/aromatic N) is 2. The predicted molar refractivity (Wildman–Crippen MR) is 96.3 cm³/mol. The Labute approximate surface area is 139 Å². The Hall–Kier alpha value is -1.74. The van der Waals surface area contributed by atoms with E-state index in [2.05, 4.69) is 72.0 Å². The lowest BCUT2D eigenvalue weighted by Gasteiger charge is -2.19. The first-order valence-electron chi connectivity index (χ1n) is 7.40. The SMILES string of the molecule is CC(C)(C)c1cccc(-c2cnc3cccc(CBr)c3n2)c1. The fourth-order valence-corrected chi connectivity index (χ4v) is 2.94. The summed E-state index contributed by atoms with van der Waals surface area (Å²) in [7, 11) is 0. The summed E-state index contributed by atoms with van der Waals surface area (Å²) >= 11 is 3.53. The van der Waals surface area contributed by atoms with Gasteiger partial charge in [-0.15, -0.1) is 0 Å². The van der Waals surface area contributed by atoms with Gasteiger partial charge in [0.05, 0.1) is 22.9 Å². The van der Waals surface area contributed by atoms with Crippen LogP contribution in [-0.4, -0.2) is 9.97 Å². The van der Waals surface area contributed by atoms with Gasteiger partial charge in [0.2, 0.25) is 0 Å². The monoisotopic (exact) mass is 354 g/mol. The first kappa shape index (κ1) is 15.2. The number of rotatable bonds is 2. The molecule has 0 aliphatic heterocycles. The average Bonchev–Trinajstić information content (AvgIpc) is 2.53. The van der Waals surface area contributed by atoms with E-state index < -0.39 is 0 Å². The maximum absolute atomic E-state index is 4.85. The van der Waals surface area contributed by atoms with Crippen LogP contribution in [0.15, 0.2) is 48.7 Å². The van der Waals surface area contributed by atoms with E-state index in [0.29, 0.717) is 0 Å². The Bertz CT molecular complexity index is 819. The van der Waals surface area contributed by atoms with Crippen molar-refractivity contribution >= 4 is 27.0 Å². The van der Waals surface area contributed by atoms with Gasteiger partial charge >= 0.3 is 0 Å². The molecule has 0 spiro atoms. The molecule has 3 aromatic rings. The largest absolute Gasteiger partial charge is 0.252 e. The van der Waals surface area contributed by atoms with Crippen LogP contribution in [-0.2, 0) is 10.7 Å². The molecule has 22 heavy (non-hydrogen) atoms. The minimum absolute atomic E-state index is 0.126. The molecule has 2 nitrogen and oxygen atoms in total. The van der Waals surface area contributed by atoms with E-state index in [1.165, 1.54) is 11.1 Å². The van der Waals surface area contributed by atoms with Crippen LogP contribution in [0.3, 0.4) is 0 Å². The summed E-state index contributed by atoms with van der Waals surface area (Å²) in [6.07, 6.45) is 1.86. The van der Waals surface area contributed by atoms with Gasteiger partial charge in [0.25, 0.3) is 0 Å². The minimum atomic E-state index is 0.126. The van der Waals surface area contributed by atoms with Gasteiger partial charge in [-0.25, -0.2) is 4.98 Å². The molecule has 1 aromatic heterocycles. The summed E-state index contributed by atoms with van der Waals surface area (Å²) in [4.78, 5) is 9.42. The maximum Gasteiger partial charge on any atom is 0.0934 e. The quantitative estimate of drug-likeness (QED) is 0.568. The van der Waals surface area contributed by atoms with Crippen LogP contribution < -0.4 is 0 Å². The van der Waals surface area contributed by atoms with Crippen molar-refractivity contribution in [1.82, 2.24) is 9.97 Å². The first-order chi connectivity index (χ1) is 10.5. The zero-order chi connectivity index (χ0) is 15.7. The number of alkyl halides is 1. The van der Waals surface area contributed by atoms with Crippen molar-refractivity contribution in [2.45, 2.75) is 31.5 Å². The van der Waals surface area contributed by atoms with Gasteiger partial charge in [-0.3, -0.25) is 4.98 Å². The van der Waals surface area contributed by atoms with Gasteiger partial charge in [0.15, 0.2) is 0 Å². The lowest BCUT2D eigenvalue weighted by molar-refractivity contribution is 0.590. The molecule has 0 bridgehead atoms. The van der Waals surface area contributed by atoms with E-state index in [9.17, 15) is 0 Å². The average molecular weight is 355 g/mol. The van der Waals surface area contributed by atoms with Gasteiger partial charge in [-0.05, 0) is 28.7 Å². The van der Waals surface area contributed by atoms with Gasteiger partial charge in [0.1, 0.15) is 0 Å². The highest BCUT2D eigenvalue weighted by molar-refractivity contribution is 9.08. The molecular weight excluding hydrogens is 336 g/mol. The van der Waals surface area contributed by atoms with Crippen LogP contribution in [0.2, 0.25) is 0 Å². The van der Waals surface area contributed by atoms with Gasteiger partial charge in [-0.2, -0.15) is 0 Å². The molecule has 1 heterocycles. The molecule has 0 N–H and O–H groups in total. The van der Waals surface area contributed by atoms with Crippen molar-refractivity contribution in [2.24, 2.45) is 0 Å². The molecule has 0 fully saturated rings. The van der Waals surface area contributed by atoms with Gasteiger partial charge < -0.3 is 0 Å². The Balaban J connectivity index is 2.15. The third-order valence-corrected chi connectivity index (χ3v) is 4.43. The number of hydrogen-bond acceptors (Lipinski definition) is 2. The summed E-state index contributed by atoms with van der Waals surface area (Å²) in [5.74, 6) is 0. The van der Waals surface area contributed by atoms with E-state index >= 15 is 0 Å². The van der Waals surface area contributed by atoms with Crippen LogP contribution >= 0.6 is 15.9 Å². The number of para-hydroxylation sites is 1. The molecule has 0 radical (unpaired) electrons. The molecule has 0 atom stereocenters. The highest BCUT2D eigenvalue weighted by atomic mass is 79.9. The normalized spacial score (nSPS) is 11.8. The van der Waals surface area contributed by atoms with Crippen molar-refractivity contribution in [3.05, 3.63) is 59.8 Å². The molecule has 0 aliphatic rings. The summed E-state index contributed by atoms with van der Waals surface area (Å²) in [5.41, 5.74) is 6.55. The molecule has 112 valence electrons. The zero-order valence-electron chi connectivity index (χ0n) is 13.1. The molecular formula is C19H19BrN2. The molecule has 2 aromatic carbocycles. The highest BCUT2D eigenvalue weighted by Crippen LogP contribution is 2.28. The third kappa shape index (κ3) is 2.91. The van der Waals surface area contributed by atoms with Crippen molar-refractivity contribution in [1.29, 1.82) is 0 Å². The standard InChI is InChI=1S/C19H19BrN2/c1-19(2,3)15-8-4-6-13(10-15)17-12-21-16-9-5-7-14(11-20)18(16)22-17/h4-10,12H,11H2,1-3H3. The van der Waals surface area contributed by atoms with E-state index in [-0.39, 0.29) is 5.41 Å². The van der Waals surface area contributed by atoms with E-state index in [4.69, 9.17) is 4.98 Å². The second kappa shape index (κ2) is 5.81. The van der Waals surface area contributed by atoms with Crippen molar-refractivity contribution in [2.75, 3.05) is 0 Å². The fraction of sp³-hybridized carbons (Fsp3) is 0.263. The minimum Gasteiger partial charge on any atom is -0.252 e. The Morgan fingerprint density at radius 1 is 1.05 bits per heavy atom. The Morgan fingerprint density at radius 3 is 2.55 bits per heavy atom. The second-order valence-corrected chi connectivity index (χ2v) is 7.07. The van der Waals surface area contributed by atoms with E-state index in [1.54, 1.807) is 0 Å². The summed E-state index contributed by atoms with van der Waals surface area (Å²) in [5, 5.41) is 0.782. The Morgan fingerprint density at radius 2 is 1.82 bits per heavy atom. The van der Waals surface area contributed by atoms with Crippen molar-refractivity contribution in [3.63, 3.8) is 0 Å². The fourth-order valence-electron chi connectivity index (χ4n) is 2.48. The zero-order valence-corrected chi connectivity index (χ0v) is 14.7. The molecule has 0 saturated heterocycles. The second-order valence-electron chi connectivity index (χ2n) is 6.50. The van der Waals surface area contributed by atoms with Crippen LogP contribution in [0.1, 0.15) is 31.9 Å². The summed E-state index contributed by atoms with van der Waals surface area (Å²) in [6, 6.07) is 14.7. The maximum atomic E-state index is 4.85. The third-order valence-electron chi connectivity index (χ3n) is 3.82. The van der Waals surface area contributed by atoms with Crippen LogP contribution in [0.5, 0.6) is 0 Å². The lowest BCUT2D eigenvalue weighted by atomic mass is 9.86.